The fourth-order valence-electron chi connectivity index (χ4n) is 5.78. The van der Waals surface area contributed by atoms with Crippen molar-refractivity contribution in [3.05, 3.63) is 108 Å². The first-order valence-corrected chi connectivity index (χ1v) is 16.2. The summed E-state index contributed by atoms with van der Waals surface area (Å²) in [4.78, 5) is 22.0. The summed E-state index contributed by atoms with van der Waals surface area (Å²) in [6.45, 7) is 2.22. The highest BCUT2D eigenvalue weighted by molar-refractivity contribution is 7.90. The molecule has 2 unspecified atom stereocenters. The number of nitrogens with zero attached hydrogens (tertiary/aromatic N) is 3. The maximum Gasteiger partial charge on any atom is 0.407 e. The molecule has 0 radical (unpaired) electrons. The number of para-hydroxylation sites is 1. The summed E-state index contributed by atoms with van der Waals surface area (Å²) >= 11 is 6.62. The lowest BCUT2D eigenvalue weighted by atomic mass is 9.80. The largest absolute Gasteiger partial charge is 0.445 e. The Balaban J connectivity index is 1.22. The van der Waals surface area contributed by atoms with E-state index in [2.05, 4.69) is 15.6 Å². The second-order valence-electron chi connectivity index (χ2n) is 11.2. The van der Waals surface area contributed by atoms with Crippen molar-refractivity contribution in [2.45, 2.75) is 55.7 Å². The lowest BCUT2D eigenvalue weighted by Crippen LogP contribution is -2.51. The molecule has 1 saturated carbocycles. The third-order valence-corrected chi connectivity index (χ3v) is 9.87. The van der Waals surface area contributed by atoms with E-state index in [0.29, 0.717) is 39.6 Å². The van der Waals surface area contributed by atoms with E-state index in [-0.39, 0.29) is 17.5 Å². The van der Waals surface area contributed by atoms with Gasteiger partial charge in [0, 0.05) is 28.7 Å². The average molecular weight is 630 g/mol. The molecule has 44 heavy (non-hydrogen) atoms. The van der Waals surface area contributed by atoms with E-state index in [1.807, 2.05) is 49.4 Å². The molecule has 1 fully saturated rings. The van der Waals surface area contributed by atoms with Gasteiger partial charge in [0.05, 0.1) is 27.3 Å². The van der Waals surface area contributed by atoms with Crippen molar-refractivity contribution in [3.8, 4) is 11.3 Å². The fraction of sp³-hybridized carbons (Fsp3) is 0.242. The molecule has 9 nitrogen and oxygen atoms in total. The molecule has 1 aliphatic carbocycles. The Morgan fingerprint density at radius 2 is 1.75 bits per heavy atom. The Labute approximate surface area is 261 Å². The van der Waals surface area contributed by atoms with Crippen molar-refractivity contribution >= 4 is 44.6 Å². The Kier molecular flexibility index (Phi) is 8.29. The minimum atomic E-state index is -3.87. The maximum absolute atomic E-state index is 13.6. The first-order chi connectivity index (χ1) is 21.2. The molecule has 2 heterocycles. The zero-order valence-electron chi connectivity index (χ0n) is 24.1. The van der Waals surface area contributed by atoms with Crippen LogP contribution in [-0.4, -0.2) is 40.0 Å². The third-order valence-electron chi connectivity index (χ3n) is 7.91. The standard InChI is InChI=1S/C33H32ClN5O4S/c1-33(38-32(40)43-22-23-11-4-2-5-12-23)18-10-13-24(19-33)36-31-35-20-28(34)30(37-31)27-21-39(29-17-9-8-16-26(27)29)44(41,42)25-14-6-3-7-15-25/h2-9,11-12,14-17,20-21,24H,10,13,18-19,22H2,1H3,(H,38,40)(H,35,36,37). The van der Waals surface area contributed by atoms with E-state index in [4.69, 9.17) is 21.3 Å². The van der Waals surface area contributed by atoms with E-state index in [1.165, 1.54) is 10.2 Å². The van der Waals surface area contributed by atoms with Crippen LogP contribution in [0.4, 0.5) is 10.7 Å². The molecule has 3 aromatic carbocycles. The van der Waals surface area contributed by atoms with Gasteiger partial charge in [-0.1, -0.05) is 78.3 Å². The van der Waals surface area contributed by atoms with Crippen LogP contribution in [0.15, 0.2) is 102 Å². The quantitative estimate of drug-likeness (QED) is 0.189. The number of hydrogen-bond acceptors (Lipinski definition) is 7. The van der Waals surface area contributed by atoms with Crippen LogP contribution in [0.3, 0.4) is 0 Å². The van der Waals surface area contributed by atoms with Gasteiger partial charge in [-0.3, -0.25) is 0 Å². The van der Waals surface area contributed by atoms with Gasteiger partial charge in [-0.15, -0.1) is 0 Å². The number of nitrogens with one attached hydrogen (secondary N) is 2. The lowest BCUT2D eigenvalue weighted by Gasteiger charge is -2.38. The van der Waals surface area contributed by atoms with Crippen LogP contribution in [0.1, 0.15) is 38.2 Å². The minimum Gasteiger partial charge on any atom is -0.445 e. The van der Waals surface area contributed by atoms with Crippen LogP contribution in [0.5, 0.6) is 0 Å². The molecule has 0 spiro atoms. The number of aromatic nitrogens is 3. The third kappa shape index (κ3) is 6.27. The first kappa shape index (κ1) is 29.7. The number of anilines is 1. The fourth-order valence-corrected chi connectivity index (χ4v) is 7.36. The van der Waals surface area contributed by atoms with Gasteiger partial charge in [0.1, 0.15) is 6.61 Å². The van der Waals surface area contributed by atoms with Crippen molar-refractivity contribution in [1.82, 2.24) is 19.3 Å². The van der Waals surface area contributed by atoms with Gasteiger partial charge in [0.25, 0.3) is 10.0 Å². The monoisotopic (exact) mass is 629 g/mol. The molecular formula is C33H32ClN5O4S. The average Bonchev–Trinajstić information content (AvgIpc) is 3.42. The molecule has 1 amide bonds. The second kappa shape index (κ2) is 12.3. The Bertz CT molecular complexity index is 1900. The zero-order chi connectivity index (χ0) is 30.7. The number of amides is 1. The second-order valence-corrected chi connectivity index (χ2v) is 13.5. The van der Waals surface area contributed by atoms with Crippen molar-refractivity contribution in [3.63, 3.8) is 0 Å². The maximum atomic E-state index is 13.6. The van der Waals surface area contributed by atoms with Crippen LogP contribution in [0.25, 0.3) is 22.2 Å². The molecule has 0 aliphatic heterocycles. The smallest absolute Gasteiger partial charge is 0.407 e. The van der Waals surface area contributed by atoms with Crippen molar-refractivity contribution in [2.24, 2.45) is 0 Å². The number of carbonyl (C=O) groups is 1. The minimum absolute atomic E-state index is 0.0167. The van der Waals surface area contributed by atoms with Crippen LogP contribution in [0.2, 0.25) is 5.02 Å². The van der Waals surface area contributed by atoms with E-state index in [1.54, 1.807) is 48.7 Å². The number of halogens is 1. The molecular weight excluding hydrogens is 598 g/mol. The molecule has 226 valence electrons. The summed E-state index contributed by atoms with van der Waals surface area (Å²) in [5.41, 5.74) is 1.96. The highest BCUT2D eigenvalue weighted by atomic mass is 35.5. The molecule has 11 heteroatoms. The molecule has 2 atom stereocenters. The van der Waals surface area contributed by atoms with Crippen LogP contribution < -0.4 is 10.6 Å². The number of ether oxygens (including phenoxy) is 1. The zero-order valence-corrected chi connectivity index (χ0v) is 25.7. The van der Waals surface area contributed by atoms with E-state index in [9.17, 15) is 13.2 Å². The van der Waals surface area contributed by atoms with Gasteiger partial charge in [0.15, 0.2) is 0 Å². The number of hydrogen-bond donors (Lipinski definition) is 2. The van der Waals surface area contributed by atoms with E-state index >= 15 is 0 Å². The number of rotatable bonds is 8. The molecule has 2 N–H and O–H groups in total. The summed E-state index contributed by atoms with van der Waals surface area (Å²) < 4.78 is 33.9. The number of alkyl carbamates (subject to hydrolysis) is 1. The van der Waals surface area contributed by atoms with Gasteiger partial charge in [-0.25, -0.2) is 27.2 Å². The Morgan fingerprint density at radius 3 is 2.52 bits per heavy atom. The van der Waals surface area contributed by atoms with Gasteiger partial charge in [0.2, 0.25) is 5.95 Å². The first-order valence-electron chi connectivity index (χ1n) is 14.4. The number of fused-ring (bicyclic) bond motifs is 1. The SMILES string of the molecule is CC1(NC(=O)OCc2ccccc2)CCCC(Nc2ncc(Cl)c(-c3cn(S(=O)(=O)c4ccccc4)c4ccccc34)n2)C1. The molecule has 0 bridgehead atoms. The highest BCUT2D eigenvalue weighted by Crippen LogP contribution is 2.36. The highest BCUT2D eigenvalue weighted by Gasteiger charge is 2.34. The van der Waals surface area contributed by atoms with Crippen molar-refractivity contribution in [1.29, 1.82) is 0 Å². The molecule has 5 aromatic rings. The molecule has 1 aliphatic rings. The van der Waals surface area contributed by atoms with Crippen LogP contribution in [0, 0.1) is 0 Å². The molecule has 2 aromatic heterocycles. The van der Waals surface area contributed by atoms with Gasteiger partial charge in [-0.05, 0) is 56.4 Å². The van der Waals surface area contributed by atoms with E-state index < -0.39 is 21.7 Å². The Hall–Kier alpha value is -4.41. The van der Waals surface area contributed by atoms with Gasteiger partial charge >= 0.3 is 6.09 Å². The summed E-state index contributed by atoms with van der Waals surface area (Å²) in [6.07, 6.45) is 5.84. The number of carbonyl (C=O) groups excluding carboxylic acids is 1. The van der Waals surface area contributed by atoms with Crippen molar-refractivity contribution in [2.75, 3.05) is 5.32 Å². The summed E-state index contributed by atoms with van der Waals surface area (Å²) in [6, 6.07) is 25.1. The van der Waals surface area contributed by atoms with Crippen LogP contribution in [-0.2, 0) is 21.4 Å². The predicted molar refractivity (Wildman–Crippen MR) is 171 cm³/mol. The Morgan fingerprint density at radius 1 is 1.05 bits per heavy atom. The topological polar surface area (TPSA) is 115 Å². The van der Waals surface area contributed by atoms with Gasteiger partial charge < -0.3 is 15.4 Å². The van der Waals surface area contributed by atoms with E-state index in [0.717, 1.165) is 24.8 Å². The summed E-state index contributed by atoms with van der Waals surface area (Å²) in [5, 5.41) is 7.47. The summed E-state index contributed by atoms with van der Waals surface area (Å²) in [5.74, 6) is 0.369. The van der Waals surface area contributed by atoms with Gasteiger partial charge in [-0.2, -0.15) is 0 Å². The predicted octanol–water partition coefficient (Wildman–Crippen LogP) is 7.03. The summed E-state index contributed by atoms with van der Waals surface area (Å²) in [7, 11) is -3.87. The van der Waals surface area contributed by atoms with Crippen molar-refractivity contribution < 1.29 is 17.9 Å². The molecule has 0 saturated heterocycles. The lowest BCUT2D eigenvalue weighted by molar-refractivity contribution is 0.120. The number of benzene rings is 3. The van der Waals surface area contributed by atoms with Crippen LogP contribution >= 0.6 is 11.6 Å². The molecule has 6 rings (SSSR count). The normalized spacial score (nSPS) is 18.5.